The number of carbonyl (C=O) groups excluding carboxylic acids is 1. The van der Waals surface area contributed by atoms with Crippen molar-refractivity contribution in [3.05, 3.63) is 12.2 Å². The van der Waals surface area contributed by atoms with Crippen LogP contribution in [-0.2, 0) is 14.3 Å². The molecule has 27 heavy (non-hydrogen) atoms. The van der Waals surface area contributed by atoms with E-state index in [4.69, 9.17) is 9.47 Å². The predicted octanol–water partition coefficient (Wildman–Crippen LogP) is 4.51. The first-order valence-corrected chi connectivity index (χ1v) is 10.5. The standard InChI is InChI=1S/C24H32O3/c1-4-7-8-9-10-11-12-14-22(25)27-23(19-15-17(19)6-3)20-16-21-24(26-21)18(20)13-5-2/h9-10,17-21,23-24H,6,8,11-12,14-16H2,1-3H3/b10-9-/t17-,18-,19+,20+,21-,23-,24+/m0/s1. The molecule has 1 heterocycles. The molecule has 3 rings (SSSR count). The molecule has 0 bridgehead atoms. The van der Waals surface area contributed by atoms with Crippen molar-refractivity contribution in [2.45, 2.75) is 84.0 Å². The minimum Gasteiger partial charge on any atom is -0.462 e. The molecule has 1 saturated heterocycles. The molecule has 0 spiro atoms. The summed E-state index contributed by atoms with van der Waals surface area (Å²) in [4.78, 5) is 12.5. The highest BCUT2D eigenvalue weighted by Gasteiger charge is 2.60. The second kappa shape index (κ2) is 9.48. The number of hydrogen-bond acceptors (Lipinski definition) is 3. The van der Waals surface area contributed by atoms with Gasteiger partial charge in [-0.1, -0.05) is 37.3 Å². The summed E-state index contributed by atoms with van der Waals surface area (Å²) in [6.45, 7) is 5.97. The van der Waals surface area contributed by atoms with Gasteiger partial charge in [0.05, 0.1) is 18.1 Å². The van der Waals surface area contributed by atoms with Gasteiger partial charge in [0, 0.05) is 18.8 Å². The monoisotopic (exact) mass is 368 g/mol. The van der Waals surface area contributed by atoms with Gasteiger partial charge in [0.1, 0.15) is 6.10 Å². The molecule has 1 aliphatic heterocycles. The van der Waals surface area contributed by atoms with E-state index in [0.717, 1.165) is 25.7 Å². The first-order valence-electron chi connectivity index (χ1n) is 10.5. The zero-order chi connectivity index (χ0) is 19.2. The number of ether oxygens (including phenoxy) is 2. The molecule has 0 aromatic carbocycles. The lowest BCUT2D eigenvalue weighted by Crippen LogP contribution is -2.34. The summed E-state index contributed by atoms with van der Waals surface area (Å²) in [5.41, 5.74) is 0. The van der Waals surface area contributed by atoms with Gasteiger partial charge < -0.3 is 9.47 Å². The van der Waals surface area contributed by atoms with Crippen LogP contribution in [0.2, 0.25) is 0 Å². The third-order valence-corrected chi connectivity index (χ3v) is 6.18. The lowest BCUT2D eigenvalue weighted by molar-refractivity contribution is -0.154. The molecule has 3 nitrogen and oxygen atoms in total. The average Bonchev–Trinajstić information content (AvgIpc) is 3.57. The molecule has 3 heteroatoms. The van der Waals surface area contributed by atoms with Gasteiger partial charge in [-0.3, -0.25) is 4.79 Å². The van der Waals surface area contributed by atoms with Crippen LogP contribution in [0.3, 0.4) is 0 Å². The molecule has 0 N–H and O–H groups in total. The van der Waals surface area contributed by atoms with Crippen LogP contribution in [-0.4, -0.2) is 24.3 Å². The maximum atomic E-state index is 12.5. The van der Waals surface area contributed by atoms with E-state index in [0.29, 0.717) is 30.3 Å². The Morgan fingerprint density at radius 1 is 1.22 bits per heavy atom. The number of esters is 1. The first kappa shape index (κ1) is 20.0. The van der Waals surface area contributed by atoms with E-state index in [1.54, 1.807) is 0 Å². The Balaban J connectivity index is 1.51. The smallest absolute Gasteiger partial charge is 0.306 e. The molecule has 3 aliphatic rings. The van der Waals surface area contributed by atoms with Crippen molar-refractivity contribution < 1.29 is 14.3 Å². The number of allylic oxidation sites excluding steroid dienone is 2. The van der Waals surface area contributed by atoms with Gasteiger partial charge in [0.2, 0.25) is 0 Å². The van der Waals surface area contributed by atoms with Crippen molar-refractivity contribution in [3.63, 3.8) is 0 Å². The van der Waals surface area contributed by atoms with Crippen LogP contribution in [0.1, 0.15) is 65.7 Å². The van der Waals surface area contributed by atoms with Crippen molar-refractivity contribution >= 4 is 5.97 Å². The summed E-state index contributed by atoms with van der Waals surface area (Å²) in [5.74, 6) is 14.1. The fraction of sp³-hybridized carbons (Fsp3) is 0.708. The summed E-state index contributed by atoms with van der Waals surface area (Å²) < 4.78 is 11.8. The fourth-order valence-corrected chi connectivity index (χ4v) is 4.59. The zero-order valence-corrected chi connectivity index (χ0v) is 16.9. The Kier molecular flexibility index (Phi) is 7.03. The Bertz CT molecular complexity index is 671. The minimum absolute atomic E-state index is 0.0278. The molecule has 0 aromatic heterocycles. The molecule has 0 aromatic rings. The van der Waals surface area contributed by atoms with Crippen LogP contribution in [0.25, 0.3) is 0 Å². The van der Waals surface area contributed by atoms with E-state index in [2.05, 4.69) is 42.8 Å². The summed E-state index contributed by atoms with van der Waals surface area (Å²) in [7, 11) is 0. The Morgan fingerprint density at radius 3 is 2.78 bits per heavy atom. The molecule has 7 atom stereocenters. The molecular formula is C24H32O3. The van der Waals surface area contributed by atoms with Crippen LogP contribution in [0.5, 0.6) is 0 Å². The molecule has 0 unspecified atom stereocenters. The largest absolute Gasteiger partial charge is 0.462 e. The van der Waals surface area contributed by atoms with E-state index < -0.39 is 0 Å². The van der Waals surface area contributed by atoms with Gasteiger partial charge >= 0.3 is 5.97 Å². The number of unbranched alkanes of at least 4 members (excludes halogenated alkanes) is 1. The third-order valence-electron chi connectivity index (χ3n) is 6.18. The fourth-order valence-electron chi connectivity index (χ4n) is 4.59. The van der Waals surface area contributed by atoms with E-state index in [1.807, 2.05) is 13.8 Å². The van der Waals surface area contributed by atoms with Gasteiger partial charge in [-0.05, 0) is 51.4 Å². The molecule has 146 valence electrons. The Labute approximate surface area is 164 Å². The van der Waals surface area contributed by atoms with Gasteiger partial charge in [0.15, 0.2) is 0 Å². The highest BCUT2D eigenvalue weighted by Crippen LogP contribution is 2.55. The predicted molar refractivity (Wildman–Crippen MR) is 107 cm³/mol. The number of fused-ring (bicyclic) bond motifs is 1. The lowest BCUT2D eigenvalue weighted by atomic mass is 9.86. The normalized spacial score (nSPS) is 34.0. The van der Waals surface area contributed by atoms with E-state index in [1.165, 1.54) is 12.8 Å². The second-order valence-electron chi connectivity index (χ2n) is 7.98. The van der Waals surface area contributed by atoms with Crippen molar-refractivity contribution in [3.8, 4) is 23.7 Å². The van der Waals surface area contributed by atoms with Crippen LogP contribution in [0.15, 0.2) is 12.2 Å². The SMILES string of the molecule is CC#CC/C=C\CCCC(=O)O[C@@H]([C@@H]1C[C@@H]1CC)[C@@H]1C[C@@H]2O[C@@H]2[C@H]1C#CC. The Hall–Kier alpha value is -1.71. The molecule has 0 amide bonds. The van der Waals surface area contributed by atoms with Crippen LogP contribution >= 0.6 is 0 Å². The lowest BCUT2D eigenvalue weighted by Gasteiger charge is -2.28. The third kappa shape index (κ3) is 5.18. The van der Waals surface area contributed by atoms with E-state index in [-0.39, 0.29) is 24.1 Å². The highest BCUT2D eigenvalue weighted by atomic mass is 16.6. The van der Waals surface area contributed by atoms with Gasteiger partial charge in [-0.15, -0.1) is 11.8 Å². The highest BCUT2D eigenvalue weighted by molar-refractivity contribution is 5.69. The van der Waals surface area contributed by atoms with E-state index >= 15 is 0 Å². The summed E-state index contributed by atoms with van der Waals surface area (Å²) in [6.07, 6.45) is 11.2. The maximum absolute atomic E-state index is 12.5. The zero-order valence-electron chi connectivity index (χ0n) is 16.9. The van der Waals surface area contributed by atoms with Crippen LogP contribution < -0.4 is 0 Å². The summed E-state index contributed by atoms with van der Waals surface area (Å²) in [6, 6.07) is 0. The van der Waals surface area contributed by atoms with Gasteiger partial charge in [-0.2, -0.15) is 0 Å². The topological polar surface area (TPSA) is 38.8 Å². The van der Waals surface area contributed by atoms with Gasteiger partial charge in [-0.25, -0.2) is 0 Å². The molecule has 2 aliphatic carbocycles. The summed E-state index contributed by atoms with van der Waals surface area (Å²) in [5, 5.41) is 0. The van der Waals surface area contributed by atoms with Crippen molar-refractivity contribution in [2.24, 2.45) is 23.7 Å². The minimum atomic E-state index is -0.0480. The number of hydrogen-bond donors (Lipinski definition) is 0. The average molecular weight is 369 g/mol. The van der Waals surface area contributed by atoms with E-state index in [9.17, 15) is 4.79 Å². The van der Waals surface area contributed by atoms with Crippen molar-refractivity contribution in [1.82, 2.24) is 0 Å². The summed E-state index contributed by atoms with van der Waals surface area (Å²) >= 11 is 0. The molecule has 0 radical (unpaired) electrons. The van der Waals surface area contributed by atoms with Gasteiger partial charge in [0.25, 0.3) is 0 Å². The first-order chi connectivity index (χ1) is 13.2. The number of rotatable bonds is 9. The number of epoxide rings is 1. The molecule has 2 saturated carbocycles. The molecular weight excluding hydrogens is 336 g/mol. The van der Waals surface area contributed by atoms with Crippen LogP contribution in [0.4, 0.5) is 0 Å². The molecule has 3 fully saturated rings. The van der Waals surface area contributed by atoms with Crippen LogP contribution in [0, 0.1) is 47.4 Å². The van der Waals surface area contributed by atoms with Crippen molar-refractivity contribution in [2.75, 3.05) is 0 Å². The van der Waals surface area contributed by atoms with Crippen molar-refractivity contribution in [1.29, 1.82) is 0 Å². The maximum Gasteiger partial charge on any atom is 0.306 e. The Morgan fingerprint density at radius 2 is 2.07 bits per heavy atom. The quantitative estimate of drug-likeness (QED) is 0.198. The number of carbonyl (C=O) groups is 1. The second-order valence-corrected chi connectivity index (χ2v) is 7.98.